The summed E-state index contributed by atoms with van der Waals surface area (Å²) in [4.78, 5) is 33.2. The number of aryl methyl sites for hydroxylation is 1. The second-order valence-electron chi connectivity index (χ2n) is 10.2. The third kappa shape index (κ3) is 5.36. The van der Waals surface area contributed by atoms with E-state index in [0.717, 1.165) is 22.2 Å². The van der Waals surface area contributed by atoms with Crippen molar-refractivity contribution in [2.24, 2.45) is 0 Å². The van der Waals surface area contributed by atoms with Crippen molar-refractivity contribution < 1.29 is 14.3 Å². The van der Waals surface area contributed by atoms with Gasteiger partial charge in [0.15, 0.2) is 0 Å². The molecule has 3 aromatic heterocycles. The molecule has 1 saturated heterocycles. The van der Waals surface area contributed by atoms with Crippen LogP contribution in [0.4, 0.5) is 22.1 Å². The average Bonchev–Trinajstić information content (AvgIpc) is 3.21. The molecule has 5 N–H and O–H groups in total. The van der Waals surface area contributed by atoms with Crippen LogP contribution in [-0.4, -0.2) is 57.2 Å². The van der Waals surface area contributed by atoms with Crippen molar-refractivity contribution in [3.05, 3.63) is 52.6 Å². The highest BCUT2D eigenvalue weighted by Gasteiger charge is 2.29. The number of nitrogens with zero attached hydrogens (tertiary/aromatic N) is 2. The van der Waals surface area contributed by atoms with Gasteiger partial charge in [0.1, 0.15) is 17.2 Å². The van der Waals surface area contributed by atoms with Crippen molar-refractivity contribution in [2.75, 3.05) is 23.8 Å². The molecule has 2 atom stereocenters. The van der Waals surface area contributed by atoms with Gasteiger partial charge in [-0.15, -0.1) is 0 Å². The van der Waals surface area contributed by atoms with Crippen molar-refractivity contribution >= 4 is 45.1 Å². The molecule has 0 radical (unpaired) electrons. The Balaban J connectivity index is 1.47. The summed E-state index contributed by atoms with van der Waals surface area (Å²) in [6, 6.07) is 7.21. The summed E-state index contributed by atoms with van der Waals surface area (Å²) in [5.74, 6) is 0.937. The van der Waals surface area contributed by atoms with Crippen LogP contribution in [0.3, 0.4) is 0 Å². The Morgan fingerprint density at radius 2 is 2.08 bits per heavy atom. The van der Waals surface area contributed by atoms with Gasteiger partial charge in [0, 0.05) is 23.6 Å². The molecule has 37 heavy (non-hydrogen) atoms. The molecule has 0 spiro atoms. The number of nitrogens with one attached hydrogen (secondary N) is 5. The SMILES string of the molecule is Cc1c[nH]c2c(Nc3nc(N[C@@H]4CCOC[C@@H]4NC(=O)OC(C)(C)C)cc4cn[nH]c(=O)c34)cccc12. The maximum Gasteiger partial charge on any atom is 0.408 e. The Bertz CT molecular complexity index is 1500. The number of hydrogen-bond acceptors (Lipinski definition) is 8. The summed E-state index contributed by atoms with van der Waals surface area (Å²) >= 11 is 0. The summed E-state index contributed by atoms with van der Waals surface area (Å²) < 4.78 is 11.0. The van der Waals surface area contributed by atoms with Crippen LogP contribution in [0.2, 0.25) is 0 Å². The molecule has 1 amide bonds. The first-order chi connectivity index (χ1) is 17.7. The Hall–Kier alpha value is -4.12. The zero-order chi connectivity index (χ0) is 26.2. The molecule has 0 aliphatic carbocycles. The fourth-order valence-corrected chi connectivity index (χ4v) is 4.51. The van der Waals surface area contributed by atoms with E-state index in [1.807, 2.05) is 52.1 Å². The lowest BCUT2D eigenvalue weighted by atomic mass is 10.0. The van der Waals surface area contributed by atoms with Crippen LogP contribution in [-0.2, 0) is 9.47 Å². The van der Waals surface area contributed by atoms with Crippen LogP contribution in [0.25, 0.3) is 21.7 Å². The van der Waals surface area contributed by atoms with E-state index in [1.165, 1.54) is 0 Å². The van der Waals surface area contributed by atoms with Crippen molar-refractivity contribution in [2.45, 2.75) is 51.8 Å². The number of aromatic amines is 2. The quantitative estimate of drug-likeness (QED) is 0.274. The lowest BCUT2D eigenvalue weighted by molar-refractivity contribution is 0.0318. The van der Waals surface area contributed by atoms with Crippen molar-refractivity contribution in [3.63, 3.8) is 0 Å². The Morgan fingerprint density at radius 3 is 2.89 bits per heavy atom. The van der Waals surface area contributed by atoms with E-state index in [-0.39, 0.29) is 17.6 Å². The van der Waals surface area contributed by atoms with Crippen molar-refractivity contribution in [1.82, 2.24) is 25.5 Å². The highest BCUT2D eigenvalue weighted by atomic mass is 16.6. The van der Waals surface area contributed by atoms with Crippen LogP contribution in [0, 0.1) is 6.92 Å². The molecule has 0 unspecified atom stereocenters. The van der Waals surface area contributed by atoms with Crippen LogP contribution < -0.4 is 21.5 Å². The van der Waals surface area contributed by atoms with Crippen molar-refractivity contribution in [3.8, 4) is 0 Å². The molecule has 5 rings (SSSR count). The number of hydrogen-bond donors (Lipinski definition) is 5. The normalized spacial score (nSPS) is 18.1. The maximum atomic E-state index is 12.7. The first-order valence-electron chi connectivity index (χ1n) is 12.2. The van der Waals surface area contributed by atoms with Gasteiger partial charge < -0.3 is 30.4 Å². The molecule has 4 aromatic rings. The van der Waals surface area contributed by atoms with Crippen LogP contribution in [0.15, 0.2) is 41.5 Å². The average molecular weight is 506 g/mol. The molecule has 1 aliphatic rings. The van der Waals surface area contributed by atoms with Gasteiger partial charge in [0.05, 0.1) is 41.5 Å². The number of benzene rings is 1. The molecule has 1 aliphatic heterocycles. The smallest absolute Gasteiger partial charge is 0.408 e. The van der Waals surface area contributed by atoms with Gasteiger partial charge in [-0.2, -0.15) is 5.10 Å². The van der Waals surface area contributed by atoms with E-state index in [2.05, 4.69) is 31.1 Å². The molecule has 194 valence electrons. The van der Waals surface area contributed by atoms with Gasteiger partial charge in [-0.25, -0.2) is 14.9 Å². The lowest BCUT2D eigenvalue weighted by Crippen LogP contribution is -2.53. The molecule has 11 nitrogen and oxygen atoms in total. The maximum absolute atomic E-state index is 12.7. The molecule has 1 fully saturated rings. The van der Waals surface area contributed by atoms with Gasteiger partial charge in [0.2, 0.25) is 0 Å². The number of pyridine rings is 1. The summed E-state index contributed by atoms with van der Waals surface area (Å²) in [6.07, 6.45) is 3.68. The highest BCUT2D eigenvalue weighted by molar-refractivity contribution is 5.99. The van der Waals surface area contributed by atoms with E-state index in [4.69, 9.17) is 14.5 Å². The number of aromatic nitrogens is 4. The van der Waals surface area contributed by atoms with Crippen molar-refractivity contribution in [1.29, 1.82) is 0 Å². The monoisotopic (exact) mass is 505 g/mol. The number of ether oxygens (including phenoxy) is 2. The molecular formula is C26H31N7O4. The number of carbonyl (C=O) groups excluding carboxylic acids is 1. The van der Waals surface area contributed by atoms with Gasteiger partial charge in [0.25, 0.3) is 5.56 Å². The third-order valence-corrected chi connectivity index (χ3v) is 6.21. The Kier molecular flexibility index (Phi) is 6.46. The van der Waals surface area contributed by atoms with Gasteiger partial charge in [-0.05, 0) is 51.8 Å². The van der Waals surface area contributed by atoms with Crippen LogP contribution in [0.5, 0.6) is 0 Å². The number of H-pyrrole nitrogens is 2. The summed E-state index contributed by atoms with van der Waals surface area (Å²) in [5.41, 5.74) is 1.89. The Labute approximate surface area is 213 Å². The number of amides is 1. The molecule has 0 saturated carbocycles. The van der Waals surface area contributed by atoms with E-state index in [1.54, 1.807) is 12.3 Å². The molecule has 0 bridgehead atoms. The first-order valence-corrected chi connectivity index (χ1v) is 12.2. The number of carbonyl (C=O) groups is 1. The minimum Gasteiger partial charge on any atom is -0.444 e. The minimum absolute atomic E-state index is 0.163. The van der Waals surface area contributed by atoms with E-state index in [0.29, 0.717) is 42.0 Å². The number of para-hydroxylation sites is 1. The second-order valence-corrected chi connectivity index (χ2v) is 10.2. The number of alkyl carbamates (subject to hydrolysis) is 1. The summed E-state index contributed by atoms with van der Waals surface area (Å²) in [6.45, 7) is 8.37. The van der Waals surface area contributed by atoms with Gasteiger partial charge >= 0.3 is 6.09 Å². The standard InChI is InChI=1S/C26H31N7O4/c1-14-11-27-22-16(14)6-5-7-18(22)30-23-21-15(12-28-33-24(21)34)10-20(32-23)29-17-8-9-36-13-19(17)31-25(35)37-26(2,3)4/h5-7,10-12,17,19,27H,8-9,13H2,1-4H3,(H,31,35)(H,33,34)(H2,29,30,32)/t17-,19+/m1/s1. The largest absolute Gasteiger partial charge is 0.444 e. The van der Waals surface area contributed by atoms with E-state index >= 15 is 0 Å². The first kappa shape index (κ1) is 24.6. The summed E-state index contributed by atoms with van der Waals surface area (Å²) in [7, 11) is 0. The minimum atomic E-state index is -0.608. The van der Waals surface area contributed by atoms with E-state index in [9.17, 15) is 9.59 Å². The topological polar surface area (TPSA) is 146 Å². The predicted octanol–water partition coefficient (Wildman–Crippen LogP) is 3.95. The molecular weight excluding hydrogens is 474 g/mol. The van der Waals surface area contributed by atoms with Gasteiger partial charge in [-0.1, -0.05) is 12.1 Å². The molecule has 1 aromatic carbocycles. The fourth-order valence-electron chi connectivity index (χ4n) is 4.51. The van der Waals surface area contributed by atoms with Crippen LogP contribution >= 0.6 is 0 Å². The number of fused-ring (bicyclic) bond motifs is 2. The predicted molar refractivity (Wildman–Crippen MR) is 142 cm³/mol. The zero-order valence-electron chi connectivity index (χ0n) is 21.3. The zero-order valence-corrected chi connectivity index (χ0v) is 21.3. The third-order valence-electron chi connectivity index (χ3n) is 6.21. The number of rotatable bonds is 5. The Morgan fingerprint density at radius 1 is 1.24 bits per heavy atom. The molecule has 11 heteroatoms. The van der Waals surface area contributed by atoms with Gasteiger partial charge in [-0.3, -0.25) is 4.79 Å². The fraction of sp³-hybridized carbons (Fsp3) is 0.385. The molecule has 4 heterocycles. The summed E-state index contributed by atoms with van der Waals surface area (Å²) in [5, 5.41) is 18.3. The second kappa shape index (κ2) is 9.74. The van der Waals surface area contributed by atoms with E-state index < -0.39 is 11.7 Å². The number of anilines is 3. The highest BCUT2D eigenvalue weighted by Crippen LogP contribution is 2.30. The van der Waals surface area contributed by atoms with Crippen LogP contribution in [0.1, 0.15) is 32.8 Å². The lowest BCUT2D eigenvalue weighted by Gasteiger charge is -2.33.